The van der Waals surface area contributed by atoms with Crippen molar-refractivity contribution in [3.8, 4) is 0 Å². The summed E-state index contributed by atoms with van der Waals surface area (Å²) in [5.41, 5.74) is 11.7. The molecule has 0 saturated carbocycles. The molecule has 5 rings (SSSR count). The second kappa shape index (κ2) is 14.6. The number of nitrogens with zero attached hydrogens (tertiary/aromatic N) is 2. The number of fused-ring (bicyclic) bond motifs is 8. The molecule has 15 heteroatoms. The van der Waals surface area contributed by atoms with E-state index < -0.39 is 32.0 Å². The summed E-state index contributed by atoms with van der Waals surface area (Å²) < 4.78 is 8.88. The van der Waals surface area contributed by atoms with Crippen molar-refractivity contribution in [2.75, 3.05) is 0 Å². The van der Waals surface area contributed by atoms with Crippen molar-refractivity contribution in [1.82, 2.24) is 19.9 Å². The minimum Gasteiger partial charge on any atom is -0.481 e. The van der Waals surface area contributed by atoms with Gasteiger partial charge in [0.25, 0.3) is 0 Å². The zero-order valence-electron chi connectivity index (χ0n) is 28.0. The lowest BCUT2D eigenvalue weighted by Crippen LogP contribution is -2.02. The zero-order valence-corrected chi connectivity index (χ0v) is 28.9. The fraction of sp³-hybridized carbons (Fsp3) is 0.353. The summed E-state index contributed by atoms with van der Waals surface area (Å²) >= 11 is 0. The Morgan fingerprint density at radius 1 is 0.694 bits per heavy atom. The maximum atomic E-state index is 11.6. The second-order valence-corrected chi connectivity index (χ2v) is 13.2. The number of aryl methyl sites for hydroxylation is 3. The number of carboxylic acid groups (broad SMARTS) is 2. The van der Waals surface area contributed by atoms with Gasteiger partial charge in [0, 0.05) is 46.0 Å². The van der Waals surface area contributed by atoms with E-state index in [1.165, 1.54) is 0 Å². The SMILES string of the molecule is CC1=C(CCC(=O)O)c2cc3[nH]c(cc4nc(cc5[nH]c(cc1n2)c(C(C)O)c5C)C(C(C)O)=C4C)c(C)c3CCC(=O)O.O=P(O)(O)O. The molecule has 0 amide bonds. The summed E-state index contributed by atoms with van der Waals surface area (Å²) in [5, 5.41) is 40.5. The number of hydrogen-bond donors (Lipinski definition) is 9. The molecule has 5 heterocycles. The normalized spacial score (nSPS) is 14.4. The molecular weight excluding hydrogens is 655 g/mol. The molecule has 2 atom stereocenters. The molecule has 0 radical (unpaired) electrons. The van der Waals surface area contributed by atoms with Gasteiger partial charge in [-0.3, -0.25) is 9.59 Å². The Balaban J connectivity index is 0.00000101. The Bertz CT molecular complexity index is 2090. The smallest absolute Gasteiger partial charge is 0.466 e. The van der Waals surface area contributed by atoms with Gasteiger partial charge in [0.05, 0.1) is 35.0 Å². The second-order valence-electron chi connectivity index (χ2n) is 12.2. The number of carbonyl (C=O) groups is 2. The first-order valence-corrected chi connectivity index (χ1v) is 17.1. The van der Waals surface area contributed by atoms with Gasteiger partial charge < -0.3 is 45.1 Å². The van der Waals surface area contributed by atoms with E-state index >= 15 is 0 Å². The number of nitrogens with one attached hydrogen (secondary N) is 2. The number of carboxylic acids is 2. The Kier molecular flexibility index (Phi) is 11.1. The summed E-state index contributed by atoms with van der Waals surface area (Å²) in [7, 11) is -4.64. The van der Waals surface area contributed by atoms with Crippen LogP contribution in [0.1, 0.15) is 98.1 Å². The number of aromatic amines is 2. The zero-order chi connectivity index (χ0) is 36.5. The summed E-state index contributed by atoms with van der Waals surface area (Å²) in [6.45, 7) is 11.1. The third-order valence-electron chi connectivity index (χ3n) is 8.65. The first-order valence-electron chi connectivity index (χ1n) is 15.5. The van der Waals surface area contributed by atoms with Gasteiger partial charge in [0.15, 0.2) is 0 Å². The van der Waals surface area contributed by atoms with Crippen LogP contribution in [0.3, 0.4) is 0 Å². The highest BCUT2D eigenvalue weighted by molar-refractivity contribution is 7.45. The molecule has 3 aromatic heterocycles. The highest BCUT2D eigenvalue weighted by atomic mass is 31.2. The van der Waals surface area contributed by atoms with Crippen molar-refractivity contribution in [2.24, 2.45) is 0 Å². The molecule has 14 nitrogen and oxygen atoms in total. The van der Waals surface area contributed by atoms with Crippen LogP contribution in [0.15, 0.2) is 24.3 Å². The van der Waals surface area contributed by atoms with E-state index in [0.717, 1.165) is 44.4 Å². The minimum atomic E-state index is -4.64. The van der Waals surface area contributed by atoms with Gasteiger partial charge in [0.2, 0.25) is 0 Å². The van der Waals surface area contributed by atoms with E-state index in [0.29, 0.717) is 44.9 Å². The van der Waals surface area contributed by atoms with Crippen LogP contribution in [0.25, 0.3) is 44.4 Å². The van der Waals surface area contributed by atoms with Gasteiger partial charge in [-0.2, -0.15) is 0 Å². The monoisotopic (exact) mass is 696 g/mol. The lowest BCUT2D eigenvalue weighted by molar-refractivity contribution is -0.137. The van der Waals surface area contributed by atoms with Crippen LogP contribution in [0.4, 0.5) is 0 Å². The number of phosphoric acid groups is 1. The topological polar surface area (TPSA) is 250 Å². The van der Waals surface area contributed by atoms with Crippen LogP contribution < -0.4 is 0 Å². The van der Waals surface area contributed by atoms with E-state index in [4.69, 9.17) is 29.2 Å². The van der Waals surface area contributed by atoms with Crippen LogP contribution in [0.2, 0.25) is 0 Å². The van der Waals surface area contributed by atoms with Gasteiger partial charge >= 0.3 is 19.8 Å². The predicted octanol–water partition coefficient (Wildman–Crippen LogP) is 5.18. The number of aliphatic hydroxyl groups is 2. The first kappa shape index (κ1) is 37.4. The largest absolute Gasteiger partial charge is 0.481 e. The number of aliphatic carboxylic acids is 2. The highest BCUT2D eigenvalue weighted by Crippen LogP contribution is 2.37. The molecule has 3 aromatic rings. The predicted molar refractivity (Wildman–Crippen MR) is 185 cm³/mol. The number of rotatable bonds is 8. The van der Waals surface area contributed by atoms with E-state index in [-0.39, 0.29) is 25.7 Å². The first-order chi connectivity index (χ1) is 22.8. The average Bonchev–Trinajstić information content (AvgIpc) is 3.63. The van der Waals surface area contributed by atoms with Crippen molar-refractivity contribution in [3.63, 3.8) is 0 Å². The fourth-order valence-corrected chi connectivity index (χ4v) is 6.31. The van der Waals surface area contributed by atoms with Crippen molar-refractivity contribution in [2.45, 2.75) is 79.4 Å². The molecule has 0 aromatic carbocycles. The Hall–Kier alpha value is -4.43. The van der Waals surface area contributed by atoms with Crippen molar-refractivity contribution in [1.29, 1.82) is 0 Å². The molecule has 2 aliphatic heterocycles. The molecule has 262 valence electrons. The number of H-pyrrole nitrogens is 2. The molecule has 2 unspecified atom stereocenters. The van der Waals surface area contributed by atoms with Crippen LogP contribution >= 0.6 is 7.82 Å². The Morgan fingerprint density at radius 3 is 1.73 bits per heavy atom. The fourth-order valence-electron chi connectivity index (χ4n) is 6.31. The molecule has 49 heavy (non-hydrogen) atoms. The van der Waals surface area contributed by atoms with Gasteiger partial charge in [-0.15, -0.1) is 0 Å². The third-order valence-corrected chi connectivity index (χ3v) is 8.65. The molecule has 0 fully saturated rings. The third kappa shape index (κ3) is 8.60. The average molecular weight is 697 g/mol. The standard InChI is InChI=1S/C34H38N4O6.H3O4P/c1-15-21(7-9-31(41)42)27-14-28-22(8-10-32(43)44)16(2)24(36-28)12-29-34(20(6)40)18(4)26(38-29)13-30-33(19(5)39)17(3)25(37-30)11-23(15)35-27;1-5(2,3)4/h11-14,19-20,35,38-40H,7-10H2,1-6H3,(H,41,42)(H,43,44);(H3,1,2,3,4). The van der Waals surface area contributed by atoms with E-state index in [1.54, 1.807) is 13.8 Å². The number of aliphatic hydroxyl groups excluding tert-OH is 2. The maximum Gasteiger partial charge on any atom is 0.466 e. The molecule has 0 saturated heterocycles. The van der Waals surface area contributed by atoms with Crippen LogP contribution in [0, 0.1) is 13.8 Å². The lowest BCUT2D eigenvalue weighted by Gasteiger charge is -2.07. The van der Waals surface area contributed by atoms with E-state index in [2.05, 4.69) is 9.97 Å². The van der Waals surface area contributed by atoms with Gasteiger partial charge in [0.1, 0.15) is 0 Å². The summed E-state index contributed by atoms with van der Waals surface area (Å²) in [6.07, 6.45) is -1.16. The van der Waals surface area contributed by atoms with Crippen molar-refractivity contribution >= 4 is 64.1 Å². The molecule has 2 aliphatic rings. The van der Waals surface area contributed by atoms with Gasteiger partial charge in [-0.1, -0.05) is 0 Å². The molecule has 8 bridgehead atoms. The van der Waals surface area contributed by atoms with Crippen LogP contribution in [-0.2, 0) is 20.6 Å². The Labute approximate surface area is 281 Å². The number of allylic oxidation sites excluding steroid dienone is 3. The molecule has 9 N–H and O–H groups in total. The number of aromatic nitrogens is 4. The maximum absolute atomic E-state index is 11.6. The van der Waals surface area contributed by atoms with Gasteiger partial charge in [-0.25, -0.2) is 14.5 Å². The quantitative estimate of drug-likeness (QED) is 0.138. The van der Waals surface area contributed by atoms with Crippen molar-refractivity contribution in [3.05, 3.63) is 69.3 Å². The summed E-state index contributed by atoms with van der Waals surface area (Å²) in [4.78, 5) is 61.4. The molecule has 0 aliphatic carbocycles. The van der Waals surface area contributed by atoms with Crippen LogP contribution in [-0.4, -0.2) is 73.1 Å². The molecular formula is C34H41N4O10P. The van der Waals surface area contributed by atoms with Gasteiger partial charge in [-0.05, 0) is 112 Å². The van der Waals surface area contributed by atoms with Crippen LogP contribution in [0.5, 0.6) is 0 Å². The van der Waals surface area contributed by atoms with Crippen molar-refractivity contribution < 1.29 is 49.3 Å². The Morgan fingerprint density at radius 2 is 1.16 bits per heavy atom. The van der Waals surface area contributed by atoms with E-state index in [9.17, 15) is 30.0 Å². The summed E-state index contributed by atoms with van der Waals surface area (Å²) in [5.74, 6) is -1.83. The van der Waals surface area contributed by atoms with E-state index in [1.807, 2.05) is 52.0 Å². The highest BCUT2D eigenvalue weighted by Gasteiger charge is 2.23. The molecule has 0 spiro atoms. The number of hydrogen-bond acceptors (Lipinski definition) is 7. The lowest BCUT2D eigenvalue weighted by atomic mass is 9.99. The summed E-state index contributed by atoms with van der Waals surface area (Å²) in [6, 6.07) is 7.51. The minimum absolute atomic E-state index is 0.0628.